The lowest BCUT2D eigenvalue weighted by molar-refractivity contribution is -0.147. The van der Waals surface area contributed by atoms with E-state index in [0.29, 0.717) is 5.52 Å². The third-order valence-electron chi connectivity index (χ3n) is 3.76. The van der Waals surface area contributed by atoms with Gasteiger partial charge >= 0.3 is 5.97 Å². The van der Waals surface area contributed by atoms with Gasteiger partial charge in [-0.3, -0.25) is 14.4 Å². The SMILES string of the molecule is CCOC(=O)[C@@H](C)C[C@@H](NC(=O)c1ccc2ccccc2n1)C(N)=O. The summed E-state index contributed by atoms with van der Waals surface area (Å²) in [6.07, 6.45) is 0.0630. The number of benzene rings is 1. The Kier molecular flexibility index (Phi) is 6.05. The molecule has 1 aromatic carbocycles. The van der Waals surface area contributed by atoms with Crippen LogP contribution in [0.5, 0.6) is 0 Å². The Hall–Kier alpha value is -2.96. The number of pyridine rings is 1. The first-order chi connectivity index (χ1) is 11.9. The smallest absolute Gasteiger partial charge is 0.308 e. The number of carbonyl (C=O) groups excluding carboxylic acids is 3. The maximum Gasteiger partial charge on any atom is 0.308 e. The van der Waals surface area contributed by atoms with E-state index >= 15 is 0 Å². The summed E-state index contributed by atoms with van der Waals surface area (Å²) in [7, 11) is 0. The van der Waals surface area contributed by atoms with Gasteiger partial charge in [-0.2, -0.15) is 0 Å². The van der Waals surface area contributed by atoms with Crippen molar-refractivity contribution in [3.05, 3.63) is 42.1 Å². The molecular weight excluding hydrogens is 322 g/mol. The molecule has 3 N–H and O–H groups in total. The first kappa shape index (κ1) is 18.4. The number of para-hydroxylation sites is 1. The number of nitrogens with zero attached hydrogens (tertiary/aromatic N) is 1. The topological polar surface area (TPSA) is 111 Å². The Bertz CT molecular complexity index is 791. The number of aromatic nitrogens is 1. The predicted molar refractivity (Wildman–Crippen MR) is 92.6 cm³/mol. The van der Waals surface area contributed by atoms with Crippen molar-refractivity contribution in [2.75, 3.05) is 6.61 Å². The first-order valence-corrected chi connectivity index (χ1v) is 8.05. The van der Waals surface area contributed by atoms with Crippen molar-refractivity contribution in [3.8, 4) is 0 Å². The number of fused-ring (bicyclic) bond motifs is 1. The largest absolute Gasteiger partial charge is 0.466 e. The van der Waals surface area contributed by atoms with Crippen LogP contribution >= 0.6 is 0 Å². The fourth-order valence-corrected chi connectivity index (χ4v) is 2.41. The van der Waals surface area contributed by atoms with Crippen LogP contribution in [0, 0.1) is 5.92 Å². The van der Waals surface area contributed by atoms with Gasteiger partial charge in [0.1, 0.15) is 11.7 Å². The minimum Gasteiger partial charge on any atom is -0.466 e. The van der Waals surface area contributed by atoms with Gasteiger partial charge in [0.2, 0.25) is 5.91 Å². The zero-order chi connectivity index (χ0) is 18.4. The van der Waals surface area contributed by atoms with E-state index in [4.69, 9.17) is 10.5 Å². The summed E-state index contributed by atoms with van der Waals surface area (Å²) in [5.74, 6) is -2.25. The van der Waals surface area contributed by atoms with Crippen molar-refractivity contribution in [3.63, 3.8) is 0 Å². The van der Waals surface area contributed by atoms with Gasteiger partial charge in [0, 0.05) is 5.39 Å². The quantitative estimate of drug-likeness (QED) is 0.738. The zero-order valence-corrected chi connectivity index (χ0v) is 14.2. The fourth-order valence-electron chi connectivity index (χ4n) is 2.41. The van der Waals surface area contributed by atoms with Crippen LogP contribution in [-0.4, -0.2) is 35.4 Å². The van der Waals surface area contributed by atoms with Crippen LogP contribution < -0.4 is 11.1 Å². The molecule has 132 valence electrons. The van der Waals surface area contributed by atoms with Gasteiger partial charge in [-0.1, -0.05) is 31.2 Å². The number of rotatable bonds is 7. The molecule has 25 heavy (non-hydrogen) atoms. The van der Waals surface area contributed by atoms with Crippen molar-refractivity contribution in [1.29, 1.82) is 0 Å². The summed E-state index contributed by atoms with van der Waals surface area (Å²) < 4.78 is 4.91. The molecule has 0 aliphatic heterocycles. The van der Waals surface area contributed by atoms with Gasteiger partial charge in [0.15, 0.2) is 0 Å². The molecule has 0 spiro atoms. The number of ether oxygens (including phenoxy) is 1. The molecule has 2 rings (SSSR count). The number of amides is 2. The van der Waals surface area contributed by atoms with Gasteiger partial charge in [-0.25, -0.2) is 4.98 Å². The molecule has 7 heteroatoms. The highest BCUT2D eigenvalue weighted by Gasteiger charge is 2.26. The molecular formula is C18H21N3O4. The van der Waals surface area contributed by atoms with Crippen molar-refractivity contribution in [2.24, 2.45) is 11.7 Å². The number of carbonyl (C=O) groups is 3. The third-order valence-corrected chi connectivity index (χ3v) is 3.76. The second-order valence-corrected chi connectivity index (χ2v) is 5.71. The van der Waals surface area contributed by atoms with E-state index in [1.165, 1.54) is 0 Å². The molecule has 0 unspecified atom stereocenters. The number of nitrogens with two attached hydrogens (primary N) is 1. The average molecular weight is 343 g/mol. The molecule has 7 nitrogen and oxygen atoms in total. The summed E-state index contributed by atoms with van der Waals surface area (Å²) >= 11 is 0. The molecule has 0 saturated heterocycles. The van der Waals surface area contributed by atoms with Crippen molar-refractivity contribution in [2.45, 2.75) is 26.3 Å². The lowest BCUT2D eigenvalue weighted by atomic mass is 10.0. The number of hydrogen-bond donors (Lipinski definition) is 2. The van der Waals surface area contributed by atoms with Crippen molar-refractivity contribution < 1.29 is 19.1 Å². The molecule has 0 aliphatic carbocycles. The summed E-state index contributed by atoms with van der Waals surface area (Å²) in [5, 5.41) is 3.45. The Labute approximate surface area is 145 Å². The summed E-state index contributed by atoms with van der Waals surface area (Å²) in [6.45, 7) is 3.56. The average Bonchev–Trinajstić information content (AvgIpc) is 2.60. The predicted octanol–water partition coefficient (Wildman–Crippen LogP) is 1.41. The minimum atomic E-state index is -0.986. The number of esters is 1. The van der Waals surface area contributed by atoms with Gasteiger partial charge in [-0.05, 0) is 25.5 Å². The molecule has 0 bridgehead atoms. The van der Waals surface area contributed by atoms with E-state index in [1.54, 1.807) is 32.0 Å². The summed E-state index contributed by atoms with van der Waals surface area (Å²) in [5.41, 5.74) is 6.20. The molecule has 1 aromatic heterocycles. The van der Waals surface area contributed by atoms with E-state index in [9.17, 15) is 14.4 Å². The highest BCUT2D eigenvalue weighted by Crippen LogP contribution is 2.13. The van der Waals surface area contributed by atoms with E-state index in [-0.39, 0.29) is 18.7 Å². The minimum absolute atomic E-state index is 0.0630. The maximum absolute atomic E-state index is 12.4. The molecule has 0 fully saturated rings. The highest BCUT2D eigenvalue weighted by atomic mass is 16.5. The zero-order valence-electron chi connectivity index (χ0n) is 14.2. The lowest BCUT2D eigenvalue weighted by Gasteiger charge is -2.18. The molecule has 2 amide bonds. The van der Waals surface area contributed by atoms with Crippen LogP contribution in [0.4, 0.5) is 0 Å². The van der Waals surface area contributed by atoms with Crippen LogP contribution in [-0.2, 0) is 14.3 Å². The Balaban J connectivity index is 2.10. The molecule has 2 aromatic rings. The number of primary amides is 1. The molecule has 0 aliphatic rings. The van der Waals surface area contributed by atoms with Gasteiger partial charge in [0.05, 0.1) is 18.0 Å². The van der Waals surface area contributed by atoms with E-state index in [2.05, 4.69) is 10.3 Å². The Morgan fingerprint density at radius 3 is 2.60 bits per heavy atom. The second-order valence-electron chi connectivity index (χ2n) is 5.71. The second kappa shape index (κ2) is 8.23. The standard InChI is InChI=1S/C18H21N3O4/c1-3-25-18(24)11(2)10-15(16(19)22)21-17(23)14-9-8-12-6-4-5-7-13(12)20-14/h4-9,11,15H,3,10H2,1-2H3,(H2,19,22)(H,21,23)/t11-,15+/m0/s1. The first-order valence-electron chi connectivity index (χ1n) is 8.05. The molecule has 0 saturated carbocycles. The molecule has 0 radical (unpaired) electrons. The Morgan fingerprint density at radius 2 is 1.92 bits per heavy atom. The third kappa shape index (κ3) is 4.76. The number of hydrogen-bond acceptors (Lipinski definition) is 5. The summed E-state index contributed by atoms with van der Waals surface area (Å²) in [6, 6.07) is 9.74. The van der Waals surface area contributed by atoms with Crippen LogP contribution in [0.1, 0.15) is 30.8 Å². The number of nitrogens with one attached hydrogen (secondary N) is 1. The van der Waals surface area contributed by atoms with Crippen LogP contribution in [0.3, 0.4) is 0 Å². The van der Waals surface area contributed by atoms with Gasteiger partial charge in [0.25, 0.3) is 5.91 Å². The van der Waals surface area contributed by atoms with E-state index in [1.807, 2.05) is 18.2 Å². The maximum atomic E-state index is 12.4. The van der Waals surface area contributed by atoms with Gasteiger partial charge < -0.3 is 15.8 Å². The van der Waals surface area contributed by atoms with Crippen LogP contribution in [0.2, 0.25) is 0 Å². The van der Waals surface area contributed by atoms with Crippen LogP contribution in [0.15, 0.2) is 36.4 Å². The van der Waals surface area contributed by atoms with Gasteiger partial charge in [-0.15, -0.1) is 0 Å². The van der Waals surface area contributed by atoms with E-state index < -0.39 is 29.7 Å². The molecule has 2 atom stereocenters. The highest BCUT2D eigenvalue weighted by molar-refractivity contribution is 5.97. The normalized spacial score (nSPS) is 13.0. The van der Waals surface area contributed by atoms with Crippen molar-refractivity contribution >= 4 is 28.7 Å². The Morgan fingerprint density at radius 1 is 1.20 bits per heavy atom. The fraction of sp³-hybridized carbons (Fsp3) is 0.333. The van der Waals surface area contributed by atoms with Crippen molar-refractivity contribution in [1.82, 2.24) is 10.3 Å². The van der Waals surface area contributed by atoms with Crippen LogP contribution in [0.25, 0.3) is 10.9 Å². The monoisotopic (exact) mass is 343 g/mol. The molecule has 1 heterocycles. The van der Waals surface area contributed by atoms with E-state index in [0.717, 1.165) is 5.39 Å². The lowest BCUT2D eigenvalue weighted by Crippen LogP contribution is -2.46. The summed E-state index contributed by atoms with van der Waals surface area (Å²) in [4.78, 5) is 40.0.